The SMILES string of the molecule is C=Cc1ccc(CNS(=O)(=O)C(F)(F)F)cc1. The van der Waals surface area contributed by atoms with E-state index >= 15 is 0 Å². The number of hydrogen-bond acceptors (Lipinski definition) is 2. The third kappa shape index (κ3) is 3.57. The Bertz CT molecular complexity index is 491. The maximum atomic E-state index is 12.0. The highest BCUT2D eigenvalue weighted by atomic mass is 32.2. The first-order valence-electron chi connectivity index (χ1n) is 4.53. The number of sulfonamides is 1. The summed E-state index contributed by atoms with van der Waals surface area (Å²) in [6.45, 7) is 3.11. The van der Waals surface area contributed by atoms with E-state index in [1.165, 1.54) is 16.9 Å². The second kappa shape index (κ2) is 4.89. The number of benzene rings is 1. The lowest BCUT2D eigenvalue weighted by Gasteiger charge is -2.09. The highest BCUT2D eigenvalue weighted by Crippen LogP contribution is 2.21. The monoisotopic (exact) mass is 265 g/mol. The van der Waals surface area contributed by atoms with Gasteiger partial charge in [-0.1, -0.05) is 36.9 Å². The molecule has 0 radical (unpaired) electrons. The van der Waals surface area contributed by atoms with Gasteiger partial charge in [-0.2, -0.15) is 13.2 Å². The van der Waals surface area contributed by atoms with E-state index in [2.05, 4.69) is 6.58 Å². The molecule has 0 saturated heterocycles. The van der Waals surface area contributed by atoms with Crippen molar-refractivity contribution in [2.75, 3.05) is 0 Å². The summed E-state index contributed by atoms with van der Waals surface area (Å²) < 4.78 is 58.8. The van der Waals surface area contributed by atoms with Gasteiger partial charge in [0.1, 0.15) is 0 Å². The van der Waals surface area contributed by atoms with Gasteiger partial charge in [0, 0.05) is 6.54 Å². The fraction of sp³-hybridized carbons (Fsp3) is 0.200. The van der Waals surface area contributed by atoms with Crippen LogP contribution in [0.3, 0.4) is 0 Å². The molecule has 17 heavy (non-hydrogen) atoms. The van der Waals surface area contributed by atoms with Gasteiger partial charge in [-0.25, -0.2) is 13.1 Å². The molecular weight excluding hydrogens is 255 g/mol. The molecule has 0 aliphatic heterocycles. The highest BCUT2D eigenvalue weighted by Gasteiger charge is 2.45. The van der Waals surface area contributed by atoms with Crippen molar-refractivity contribution >= 4 is 16.1 Å². The topological polar surface area (TPSA) is 46.2 Å². The average molecular weight is 265 g/mol. The maximum Gasteiger partial charge on any atom is 0.511 e. The van der Waals surface area contributed by atoms with E-state index in [0.717, 1.165) is 5.56 Å². The number of alkyl halides is 3. The lowest BCUT2D eigenvalue weighted by molar-refractivity contribution is -0.0448. The molecule has 0 unspecified atom stereocenters. The number of nitrogens with one attached hydrogen (secondary N) is 1. The summed E-state index contributed by atoms with van der Waals surface area (Å²) in [5, 5.41) is 0. The van der Waals surface area contributed by atoms with Crippen molar-refractivity contribution < 1.29 is 21.6 Å². The summed E-state index contributed by atoms with van der Waals surface area (Å²) >= 11 is 0. The molecule has 0 spiro atoms. The fourth-order valence-corrected chi connectivity index (χ4v) is 1.55. The van der Waals surface area contributed by atoms with Gasteiger partial charge in [0.05, 0.1) is 0 Å². The third-order valence-corrected chi connectivity index (χ3v) is 3.12. The standard InChI is InChI=1S/C10H10F3NO2S/c1-2-8-3-5-9(6-4-8)7-14-17(15,16)10(11,12)13/h2-6,14H,1,7H2. The Morgan fingerprint density at radius 2 is 1.76 bits per heavy atom. The lowest BCUT2D eigenvalue weighted by Crippen LogP contribution is -2.35. The van der Waals surface area contributed by atoms with Crippen LogP contribution >= 0.6 is 0 Å². The van der Waals surface area contributed by atoms with Gasteiger partial charge in [0.25, 0.3) is 0 Å². The van der Waals surface area contributed by atoms with E-state index < -0.39 is 22.1 Å². The molecule has 0 aliphatic carbocycles. The number of hydrogen-bond donors (Lipinski definition) is 1. The minimum absolute atomic E-state index is 0.404. The Morgan fingerprint density at radius 1 is 1.24 bits per heavy atom. The first kappa shape index (κ1) is 13.7. The zero-order valence-corrected chi connectivity index (χ0v) is 9.48. The zero-order chi connectivity index (χ0) is 13.1. The smallest absolute Gasteiger partial charge is 0.203 e. The van der Waals surface area contributed by atoms with Gasteiger partial charge < -0.3 is 0 Å². The quantitative estimate of drug-likeness (QED) is 0.907. The summed E-state index contributed by atoms with van der Waals surface area (Å²) in [5.74, 6) is 0. The van der Waals surface area contributed by atoms with Crippen LogP contribution in [0.15, 0.2) is 30.8 Å². The molecular formula is C10H10F3NO2S. The zero-order valence-electron chi connectivity index (χ0n) is 8.66. The van der Waals surface area contributed by atoms with Crippen LogP contribution in [0.25, 0.3) is 6.08 Å². The molecule has 1 N–H and O–H groups in total. The van der Waals surface area contributed by atoms with Crippen LogP contribution < -0.4 is 4.72 Å². The average Bonchev–Trinajstić information content (AvgIpc) is 2.25. The Hall–Kier alpha value is -1.34. The largest absolute Gasteiger partial charge is 0.511 e. The Morgan fingerprint density at radius 3 is 2.18 bits per heavy atom. The fourth-order valence-electron chi connectivity index (χ4n) is 1.03. The summed E-state index contributed by atoms with van der Waals surface area (Å²) in [7, 11) is -5.28. The second-order valence-electron chi connectivity index (χ2n) is 3.22. The van der Waals surface area contributed by atoms with Crippen LogP contribution in [0.2, 0.25) is 0 Å². The molecule has 0 saturated carbocycles. The summed E-state index contributed by atoms with van der Waals surface area (Å²) in [5.41, 5.74) is -4.05. The highest BCUT2D eigenvalue weighted by molar-refractivity contribution is 7.90. The third-order valence-electron chi connectivity index (χ3n) is 1.99. The maximum absolute atomic E-state index is 12.0. The van der Waals surface area contributed by atoms with Gasteiger partial charge >= 0.3 is 15.5 Å². The van der Waals surface area contributed by atoms with Gasteiger partial charge in [0.15, 0.2) is 0 Å². The number of halogens is 3. The molecule has 1 aromatic carbocycles. The van der Waals surface area contributed by atoms with Crippen molar-refractivity contribution in [2.45, 2.75) is 12.1 Å². The van der Waals surface area contributed by atoms with Crippen LogP contribution in [0, 0.1) is 0 Å². The predicted molar refractivity (Wildman–Crippen MR) is 58.3 cm³/mol. The van der Waals surface area contributed by atoms with Gasteiger partial charge in [-0.3, -0.25) is 0 Å². The molecule has 1 rings (SSSR count). The van der Waals surface area contributed by atoms with Crippen LogP contribution in [-0.2, 0) is 16.6 Å². The first-order valence-corrected chi connectivity index (χ1v) is 6.02. The van der Waals surface area contributed by atoms with Crippen LogP contribution in [0.1, 0.15) is 11.1 Å². The van der Waals surface area contributed by atoms with E-state index in [1.54, 1.807) is 18.2 Å². The van der Waals surface area contributed by atoms with E-state index in [-0.39, 0.29) is 0 Å². The van der Waals surface area contributed by atoms with Crippen molar-refractivity contribution in [3.8, 4) is 0 Å². The number of rotatable bonds is 4. The Balaban J connectivity index is 2.71. The summed E-state index contributed by atoms with van der Waals surface area (Å²) in [6, 6.07) is 6.31. The molecule has 7 heteroatoms. The normalized spacial score (nSPS) is 12.4. The van der Waals surface area contributed by atoms with Crippen LogP contribution in [0.5, 0.6) is 0 Å². The Labute approximate surface area is 97.0 Å². The van der Waals surface area contributed by atoms with Crippen molar-refractivity contribution in [3.63, 3.8) is 0 Å². The van der Waals surface area contributed by atoms with E-state index in [1.807, 2.05) is 0 Å². The van der Waals surface area contributed by atoms with E-state index in [4.69, 9.17) is 0 Å². The second-order valence-corrected chi connectivity index (χ2v) is 4.97. The molecule has 0 heterocycles. The molecule has 0 aromatic heterocycles. The first-order chi connectivity index (χ1) is 7.76. The predicted octanol–water partition coefficient (Wildman–Crippen LogP) is 2.27. The van der Waals surface area contributed by atoms with Crippen LogP contribution in [0.4, 0.5) is 13.2 Å². The molecule has 0 amide bonds. The Kier molecular flexibility index (Phi) is 3.94. The lowest BCUT2D eigenvalue weighted by atomic mass is 10.1. The molecule has 0 bridgehead atoms. The molecule has 94 valence electrons. The minimum Gasteiger partial charge on any atom is -0.203 e. The van der Waals surface area contributed by atoms with Crippen molar-refractivity contribution in [3.05, 3.63) is 42.0 Å². The summed E-state index contributed by atoms with van der Waals surface area (Å²) in [4.78, 5) is 0. The van der Waals surface area contributed by atoms with E-state index in [9.17, 15) is 21.6 Å². The van der Waals surface area contributed by atoms with Gasteiger partial charge in [-0.15, -0.1) is 0 Å². The summed E-state index contributed by atoms with van der Waals surface area (Å²) in [6.07, 6.45) is 1.57. The van der Waals surface area contributed by atoms with Gasteiger partial charge in [0.2, 0.25) is 0 Å². The van der Waals surface area contributed by atoms with Crippen molar-refractivity contribution in [2.24, 2.45) is 0 Å². The molecule has 0 atom stereocenters. The molecule has 0 fully saturated rings. The van der Waals surface area contributed by atoms with Crippen molar-refractivity contribution in [1.82, 2.24) is 4.72 Å². The molecule has 3 nitrogen and oxygen atoms in total. The van der Waals surface area contributed by atoms with E-state index in [0.29, 0.717) is 5.56 Å². The minimum atomic E-state index is -5.28. The van der Waals surface area contributed by atoms with Crippen LogP contribution in [-0.4, -0.2) is 13.9 Å². The van der Waals surface area contributed by atoms with Gasteiger partial charge in [-0.05, 0) is 11.1 Å². The molecule has 1 aromatic rings. The molecule has 0 aliphatic rings. The van der Waals surface area contributed by atoms with Crippen molar-refractivity contribution in [1.29, 1.82) is 0 Å².